The molecule has 0 aliphatic carbocycles. The smallest absolute Gasteiger partial charge is 0.308 e. The second-order valence-electron chi connectivity index (χ2n) is 3.42. The number of carbonyl (C=O) groups is 1. The summed E-state index contributed by atoms with van der Waals surface area (Å²) in [4.78, 5) is 10.5. The first-order chi connectivity index (χ1) is 8.08. The van der Waals surface area contributed by atoms with Gasteiger partial charge in [-0.1, -0.05) is 0 Å². The van der Waals surface area contributed by atoms with Crippen LogP contribution in [0.1, 0.15) is 5.56 Å². The van der Waals surface area contributed by atoms with Crippen molar-refractivity contribution in [1.29, 1.82) is 0 Å². The van der Waals surface area contributed by atoms with E-state index in [2.05, 4.69) is 5.10 Å². The summed E-state index contributed by atoms with van der Waals surface area (Å²) in [5.41, 5.74) is 0.322. The zero-order valence-electron chi connectivity index (χ0n) is 8.60. The van der Waals surface area contributed by atoms with E-state index >= 15 is 0 Å². The summed E-state index contributed by atoms with van der Waals surface area (Å²) in [6, 6.07) is 5.06. The zero-order chi connectivity index (χ0) is 12.4. The first-order valence-electron chi connectivity index (χ1n) is 4.78. The number of aromatic nitrogens is 2. The summed E-state index contributed by atoms with van der Waals surface area (Å²) < 4.78 is 27.3. The molecule has 1 aromatic carbocycles. The number of hydrogen-bond acceptors (Lipinski definition) is 2. The highest BCUT2D eigenvalue weighted by Gasteiger charge is 2.14. The lowest BCUT2D eigenvalue weighted by Gasteiger charge is -2.01. The Morgan fingerprint density at radius 3 is 2.53 bits per heavy atom. The maximum Gasteiger partial charge on any atom is 0.308 e. The van der Waals surface area contributed by atoms with Crippen LogP contribution in [0.15, 0.2) is 30.5 Å². The monoisotopic (exact) mass is 238 g/mol. The quantitative estimate of drug-likeness (QED) is 0.886. The molecule has 1 heterocycles. The minimum Gasteiger partial charge on any atom is -0.481 e. The van der Waals surface area contributed by atoms with Crippen molar-refractivity contribution in [2.75, 3.05) is 0 Å². The van der Waals surface area contributed by atoms with Gasteiger partial charge in [-0.2, -0.15) is 9.49 Å². The summed E-state index contributed by atoms with van der Waals surface area (Å²) in [6.07, 6.45) is 0.708. The second kappa shape index (κ2) is 4.32. The predicted octanol–water partition coefficient (Wildman–Crippen LogP) is 1.78. The molecule has 2 rings (SSSR count). The van der Waals surface area contributed by atoms with Gasteiger partial charge in [-0.25, -0.2) is 9.07 Å². The van der Waals surface area contributed by atoms with Crippen LogP contribution >= 0.6 is 0 Å². The average molecular weight is 238 g/mol. The third-order valence-corrected chi connectivity index (χ3v) is 2.19. The molecule has 0 saturated carbocycles. The maximum atomic E-state index is 13.7. The van der Waals surface area contributed by atoms with Crippen LogP contribution in [0.5, 0.6) is 0 Å². The van der Waals surface area contributed by atoms with Gasteiger partial charge in [0.1, 0.15) is 5.82 Å². The number of halogens is 2. The molecule has 0 radical (unpaired) electrons. The minimum absolute atomic E-state index is 0.0122. The lowest BCUT2D eigenvalue weighted by molar-refractivity contribution is -0.136. The van der Waals surface area contributed by atoms with Gasteiger partial charge in [-0.3, -0.25) is 4.79 Å². The SMILES string of the molecule is O=C(O)Cc1cnn(-c2ccc(F)cc2)c1F. The Labute approximate surface area is 95.1 Å². The highest BCUT2D eigenvalue weighted by molar-refractivity contribution is 5.70. The Kier molecular flexibility index (Phi) is 2.86. The van der Waals surface area contributed by atoms with Crippen LogP contribution < -0.4 is 0 Å². The van der Waals surface area contributed by atoms with E-state index in [4.69, 9.17) is 5.11 Å². The van der Waals surface area contributed by atoms with E-state index in [0.29, 0.717) is 5.69 Å². The third-order valence-electron chi connectivity index (χ3n) is 2.19. The van der Waals surface area contributed by atoms with Crippen LogP contribution in [0.4, 0.5) is 8.78 Å². The molecule has 1 N–H and O–H groups in total. The summed E-state index contributed by atoms with van der Waals surface area (Å²) in [7, 11) is 0. The topological polar surface area (TPSA) is 55.1 Å². The lowest BCUT2D eigenvalue weighted by atomic mass is 10.2. The normalized spacial score (nSPS) is 10.5. The van der Waals surface area contributed by atoms with Crippen LogP contribution in [0, 0.1) is 11.8 Å². The van der Waals surface area contributed by atoms with Crippen molar-refractivity contribution in [2.45, 2.75) is 6.42 Å². The molecule has 88 valence electrons. The van der Waals surface area contributed by atoms with Gasteiger partial charge in [-0.15, -0.1) is 0 Å². The Hall–Kier alpha value is -2.24. The van der Waals surface area contributed by atoms with Crippen LogP contribution in [-0.2, 0) is 11.2 Å². The largest absolute Gasteiger partial charge is 0.481 e. The van der Waals surface area contributed by atoms with E-state index in [1.54, 1.807) is 0 Å². The molecule has 0 bridgehead atoms. The van der Waals surface area contributed by atoms with Gasteiger partial charge in [0, 0.05) is 5.56 Å². The molecular formula is C11H8F2N2O2. The molecule has 0 atom stereocenters. The summed E-state index contributed by atoms with van der Waals surface area (Å²) in [5, 5.41) is 12.3. The Morgan fingerprint density at radius 2 is 1.94 bits per heavy atom. The molecule has 0 aliphatic heterocycles. The van der Waals surface area contributed by atoms with E-state index in [0.717, 1.165) is 10.9 Å². The zero-order valence-corrected chi connectivity index (χ0v) is 8.60. The molecule has 6 heteroatoms. The number of benzene rings is 1. The summed E-state index contributed by atoms with van der Waals surface area (Å²) in [6.45, 7) is 0. The molecule has 0 spiro atoms. The van der Waals surface area contributed by atoms with Crippen LogP contribution in [0.3, 0.4) is 0 Å². The van der Waals surface area contributed by atoms with Gasteiger partial charge in [0.2, 0.25) is 5.95 Å². The van der Waals surface area contributed by atoms with Crippen molar-refractivity contribution in [3.05, 3.63) is 47.8 Å². The molecule has 0 saturated heterocycles. The van der Waals surface area contributed by atoms with E-state index in [9.17, 15) is 13.6 Å². The number of carboxylic acids is 1. The van der Waals surface area contributed by atoms with E-state index < -0.39 is 24.2 Å². The average Bonchev–Trinajstić information content (AvgIpc) is 2.61. The van der Waals surface area contributed by atoms with Crippen molar-refractivity contribution in [3.8, 4) is 5.69 Å². The fourth-order valence-corrected chi connectivity index (χ4v) is 1.41. The van der Waals surface area contributed by atoms with Crippen molar-refractivity contribution in [3.63, 3.8) is 0 Å². The van der Waals surface area contributed by atoms with E-state index in [-0.39, 0.29) is 5.56 Å². The Morgan fingerprint density at radius 1 is 1.29 bits per heavy atom. The number of hydrogen-bond donors (Lipinski definition) is 1. The van der Waals surface area contributed by atoms with Crippen molar-refractivity contribution in [2.24, 2.45) is 0 Å². The van der Waals surface area contributed by atoms with Gasteiger partial charge in [0.15, 0.2) is 0 Å². The highest BCUT2D eigenvalue weighted by Crippen LogP contribution is 2.14. The summed E-state index contributed by atoms with van der Waals surface area (Å²) >= 11 is 0. The number of nitrogens with zero attached hydrogens (tertiary/aromatic N) is 2. The third kappa shape index (κ3) is 2.30. The first-order valence-corrected chi connectivity index (χ1v) is 4.78. The Bertz CT molecular complexity index is 549. The van der Waals surface area contributed by atoms with Gasteiger partial charge in [0.25, 0.3) is 0 Å². The van der Waals surface area contributed by atoms with Crippen LogP contribution in [-0.4, -0.2) is 20.9 Å². The van der Waals surface area contributed by atoms with Gasteiger partial charge in [-0.05, 0) is 24.3 Å². The van der Waals surface area contributed by atoms with Gasteiger partial charge < -0.3 is 5.11 Å². The molecule has 0 amide bonds. The number of rotatable bonds is 3. The number of aliphatic carboxylic acids is 1. The molecular weight excluding hydrogens is 230 g/mol. The molecule has 0 aliphatic rings. The van der Waals surface area contributed by atoms with Crippen molar-refractivity contribution in [1.82, 2.24) is 9.78 Å². The van der Waals surface area contributed by atoms with E-state index in [1.807, 2.05) is 0 Å². The second-order valence-corrected chi connectivity index (χ2v) is 3.42. The van der Waals surface area contributed by atoms with Gasteiger partial charge >= 0.3 is 5.97 Å². The fourth-order valence-electron chi connectivity index (χ4n) is 1.41. The van der Waals surface area contributed by atoms with Gasteiger partial charge in [0.05, 0.1) is 18.3 Å². The van der Waals surface area contributed by atoms with E-state index in [1.165, 1.54) is 24.3 Å². The molecule has 0 fully saturated rings. The first kappa shape index (κ1) is 11.3. The summed E-state index contributed by atoms with van der Waals surface area (Å²) in [5.74, 6) is -2.33. The Balaban J connectivity index is 2.37. The van der Waals surface area contributed by atoms with Crippen molar-refractivity contribution < 1.29 is 18.7 Å². The predicted molar refractivity (Wildman–Crippen MR) is 54.8 cm³/mol. The number of carboxylic acid groups (broad SMARTS) is 1. The van der Waals surface area contributed by atoms with Crippen LogP contribution in [0.25, 0.3) is 5.69 Å². The highest BCUT2D eigenvalue weighted by atomic mass is 19.1. The van der Waals surface area contributed by atoms with Crippen LogP contribution in [0.2, 0.25) is 0 Å². The molecule has 4 nitrogen and oxygen atoms in total. The minimum atomic E-state index is -1.14. The standard InChI is InChI=1S/C11H8F2N2O2/c12-8-1-3-9(4-2-8)15-11(13)7(6-14-15)5-10(16)17/h1-4,6H,5H2,(H,16,17). The fraction of sp³-hybridized carbons (Fsp3) is 0.0909. The molecule has 1 aromatic heterocycles. The van der Waals surface area contributed by atoms with Crippen molar-refractivity contribution >= 4 is 5.97 Å². The lowest BCUT2D eigenvalue weighted by Crippen LogP contribution is -2.04. The molecule has 0 unspecified atom stereocenters. The molecule has 2 aromatic rings. The molecule has 17 heavy (non-hydrogen) atoms. The maximum absolute atomic E-state index is 13.7.